The first-order valence-corrected chi connectivity index (χ1v) is 9.97. The molecule has 3 N–H and O–H groups in total. The van der Waals surface area contributed by atoms with Crippen molar-refractivity contribution in [2.45, 2.75) is 51.7 Å². The van der Waals surface area contributed by atoms with Gasteiger partial charge in [0, 0.05) is 37.4 Å². The van der Waals surface area contributed by atoms with E-state index >= 15 is 0 Å². The number of likely N-dealkylation sites (tertiary alicyclic amines) is 1. The van der Waals surface area contributed by atoms with Crippen LogP contribution >= 0.6 is 0 Å². The highest BCUT2D eigenvalue weighted by atomic mass is 15.2. The van der Waals surface area contributed by atoms with E-state index < -0.39 is 0 Å². The summed E-state index contributed by atoms with van der Waals surface area (Å²) in [5.41, 5.74) is 9.72. The number of pyridine rings is 1. The first kappa shape index (κ1) is 19.4. The molecule has 1 unspecified atom stereocenters. The molecular formula is C22H31N5. The van der Waals surface area contributed by atoms with Gasteiger partial charge in [-0.15, -0.1) is 0 Å². The zero-order valence-electron chi connectivity index (χ0n) is 16.3. The third-order valence-corrected chi connectivity index (χ3v) is 5.27. The van der Waals surface area contributed by atoms with E-state index in [4.69, 9.17) is 5.73 Å². The Labute approximate surface area is 162 Å². The third kappa shape index (κ3) is 6.07. The fourth-order valence-electron chi connectivity index (χ4n) is 3.57. The molecule has 27 heavy (non-hydrogen) atoms. The molecule has 1 aliphatic heterocycles. The highest BCUT2D eigenvalue weighted by Crippen LogP contribution is 2.21. The molecule has 0 amide bonds. The number of benzene rings is 1. The quantitative estimate of drug-likeness (QED) is 0.584. The van der Waals surface area contributed by atoms with E-state index in [1.807, 2.05) is 24.4 Å². The second kappa shape index (κ2) is 10.1. The zero-order valence-corrected chi connectivity index (χ0v) is 16.3. The van der Waals surface area contributed by atoms with Crippen molar-refractivity contribution in [1.29, 1.82) is 0 Å². The number of hydrogen-bond acceptors (Lipinski definition) is 3. The van der Waals surface area contributed by atoms with Gasteiger partial charge in [-0.1, -0.05) is 36.8 Å². The van der Waals surface area contributed by atoms with Gasteiger partial charge < -0.3 is 11.1 Å². The lowest BCUT2D eigenvalue weighted by molar-refractivity contribution is 0.152. The topological polar surface area (TPSA) is 66.5 Å². The summed E-state index contributed by atoms with van der Waals surface area (Å²) in [6.45, 7) is 5.87. The Morgan fingerprint density at radius 3 is 2.78 bits per heavy atom. The van der Waals surface area contributed by atoms with Crippen molar-refractivity contribution in [1.82, 2.24) is 15.2 Å². The summed E-state index contributed by atoms with van der Waals surface area (Å²) in [7, 11) is 0. The predicted octanol–water partition coefficient (Wildman–Crippen LogP) is 3.10. The van der Waals surface area contributed by atoms with Gasteiger partial charge in [0.15, 0.2) is 5.96 Å². The van der Waals surface area contributed by atoms with E-state index in [-0.39, 0.29) is 0 Å². The van der Waals surface area contributed by atoms with Crippen LogP contribution in [0.15, 0.2) is 53.7 Å². The van der Waals surface area contributed by atoms with Crippen LogP contribution in [0.1, 0.15) is 43.0 Å². The van der Waals surface area contributed by atoms with E-state index in [1.54, 1.807) is 0 Å². The number of nitrogens with zero attached hydrogens (tertiary/aromatic N) is 3. The van der Waals surface area contributed by atoms with Crippen LogP contribution in [0.2, 0.25) is 0 Å². The van der Waals surface area contributed by atoms with Gasteiger partial charge in [-0.05, 0) is 49.6 Å². The summed E-state index contributed by atoms with van der Waals surface area (Å²) in [6.07, 6.45) is 6.60. The Kier molecular flexibility index (Phi) is 7.22. The lowest BCUT2D eigenvalue weighted by Crippen LogP contribution is -2.37. The molecule has 144 valence electrons. The zero-order chi connectivity index (χ0) is 18.9. The first-order valence-electron chi connectivity index (χ1n) is 9.97. The van der Waals surface area contributed by atoms with E-state index in [1.165, 1.54) is 36.9 Å². The van der Waals surface area contributed by atoms with Crippen molar-refractivity contribution >= 4 is 5.96 Å². The maximum atomic E-state index is 6.05. The number of nitrogens with one attached hydrogen (secondary N) is 1. The molecule has 0 spiro atoms. The Bertz CT molecular complexity index is 728. The summed E-state index contributed by atoms with van der Waals surface area (Å²) < 4.78 is 0. The van der Waals surface area contributed by atoms with Gasteiger partial charge >= 0.3 is 0 Å². The lowest BCUT2D eigenvalue weighted by atomic mass is 10.0. The number of aromatic nitrogens is 1. The molecular weight excluding hydrogens is 334 g/mol. The number of nitrogens with two attached hydrogens (primary N) is 1. The highest BCUT2D eigenvalue weighted by Gasteiger charge is 2.18. The van der Waals surface area contributed by atoms with Crippen molar-refractivity contribution in [3.8, 4) is 0 Å². The molecule has 1 aliphatic rings. The van der Waals surface area contributed by atoms with Gasteiger partial charge in [-0.25, -0.2) is 4.99 Å². The van der Waals surface area contributed by atoms with Crippen LogP contribution in [0.4, 0.5) is 0 Å². The Hall–Kier alpha value is -2.40. The number of piperidine rings is 1. The molecule has 1 saturated heterocycles. The van der Waals surface area contributed by atoms with Crippen molar-refractivity contribution in [2.24, 2.45) is 10.7 Å². The molecule has 3 rings (SSSR count). The van der Waals surface area contributed by atoms with Gasteiger partial charge in [0.1, 0.15) is 0 Å². The van der Waals surface area contributed by atoms with E-state index in [2.05, 4.69) is 51.4 Å². The molecule has 5 heteroatoms. The number of guanidine groups is 1. The Morgan fingerprint density at radius 2 is 2.00 bits per heavy atom. The maximum Gasteiger partial charge on any atom is 0.188 e. The Morgan fingerprint density at radius 1 is 1.19 bits per heavy atom. The molecule has 2 aromatic rings. The summed E-state index contributed by atoms with van der Waals surface area (Å²) in [4.78, 5) is 11.4. The van der Waals surface area contributed by atoms with Gasteiger partial charge in [0.2, 0.25) is 0 Å². The van der Waals surface area contributed by atoms with E-state index in [0.29, 0.717) is 18.5 Å². The largest absolute Gasteiger partial charge is 0.370 e. The average molecular weight is 366 g/mol. The van der Waals surface area contributed by atoms with Crippen molar-refractivity contribution < 1.29 is 0 Å². The molecule has 2 heterocycles. The molecule has 1 aromatic heterocycles. The molecule has 0 saturated carbocycles. The molecule has 1 aromatic carbocycles. The third-order valence-electron chi connectivity index (χ3n) is 5.27. The van der Waals surface area contributed by atoms with Crippen LogP contribution < -0.4 is 11.1 Å². The summed E-state index contributed by atoms with van der Waals surface area (Å²) in [5.74, 6) is 0.493. The van der Waals surface area contributed by atoms with E-state index in [0.717, 1.165) is 25.2 Å². The molecule has 0 aliphatic carbocycles. The molecule has 1 fully saturated rings. The van der Waals surface area contributed by atoms with Crippen LogP contribution in [0.5, 0.6) is 0 Å². The maximum absolute atomic E-state index is 6.05. The van der Waals surface area contributed by atoms with Gasteiger partial charge in [0.05, 0.1) is 6.54 Å². The fraction of sp³-hybridized carbons (Fsp3) is 0.455. The van der Waals surface area contributed by atoms with Crippen molar-refractivity contribution in [3.05, 3.63) is 65.5 Å². The van der Waals surface area contributed by atoms with Crippen LogP contribution in [-0.4, -0.2) is 35.0 Å². The standard InChI is InChI=1S/C22H31N5/c1-18-8-5-7-15-27(18)17-20-10-3-2-9-19(20)16-26-22(23)25-14-12-21-11-4-6-13-24-21/h2-4,6,9-11,13,18H,5,7-8,12,14-17H2,1H3,(H3,23,25,26). The minimum atomic E-state index is 0.493. The molecule has 0 radical (unpaired) electrons. The summed E-state index contributed by atoms with van der Waals surface area (Å²) >= 11 is 0. The highest BCUT2D eigenvalue weighted by molar-refractivity contribution is 5.77. The van der Waals surface area contributed by atoms with Crippen LogP contribution in [0, 0.1) is 0 Å². The average Bonchev–Trinajstić information content (AvgIpc) is 2.70. The summed E-state index contributed by atoms with van der Waals surface area (Å²) in [5, 5.41) is 3.19. The number of hydrogen-bond donors (Lipinski definition) is 2. The predicted molar refractivity (Wildman–Crippen MR) is 111 cm³/mol. The van der Waals surface area contributed by atoms with Crippen molar-refractivity contribution in [3.63, 3.8) is 0 Å². The van der Waals surface area contributed by atoms with Crippen molar-refractivity contribution in [2.75, 3.05) is 13.1 Å². The number of aliphatic imine (C=N–C) groups is 1. The van der Waals surface area contributed by atoms with Crippen LogP contribution in [0.3, 0.4) is 0 Å². The van der Waals surface area contributed by atoms with E-state index in [9.17, 15) is 0 Å². The minimum absolute atomic E-state index is 0.493. The molecule has 1 atom stereocenters. The molecule has 5 nitrogen and oxygen atoms in total. The van der Waals surface area contributed by atoms with Gasteiger partial charge in [-0.3, -0.25) is 9.88 Å². The van der Waals surface area contributed by atoms with Crippen LogP contribution in [-0.2, 0) is 19.5 Å². The second-order valence-electron chi connectivity index (χ2n) is 7.28. The number of rotatable bonds is 7. The smallest absolute Gasteiger partial charge is 0.188 e. The SMILES string of the molecule is CC1CCCCN1Cc1ccccc1CN=C(N)NCCc1ccccn1. The minimum Gasteiger partial charge on any atom is -0.370 e. The Balaban J connectivity index is 1.53. The van der Waals surface area contributed by atoms with Gasteiger partial charge in [0.25, 0.3) is 0 Å². The normalized spacial score (nSPS) is 18.4. The molecule has 0 bridgehead atoms. The monoisotopic (exact) mass is 365 g/mol. The summed E-state index contributed by atoms with van der Waals surface area (Å²) in [6, 6.07) is 15.2. The second-order valence-corrected chi connectivity index (χ2v) is 7.28. The first-order chi connectivity index (χ1) is 13.2. The van der Waals surface area contributed by atoms with Crippen LogP contribution in [0.25, 0.3) is 0 Å². The fourth-order valence-corrected chi connectivity index (χ4v) is 3.57. The lowest BCUT2D eigenvalue weighted by Gasteiger charge is -2.33. The van der Waals surface area contributed by atoms with Gasteiger partial charge in [-0.2, -0.15) is 0 Å².